The van der Waals surface area contributed by atoms with E-state index in [9.17, 15) is 8.42 Å². The molecule has 0 amide bonds. The Kier molecular flexibility index (Phi) is 4.70. The second-order valence-corrected chi connectivity index (χ2v) is 11.9. The number of hydrogen-bond donors (Lipinski definition) is 1. The highest BCUT2D eigenvalue weighted by Crippen LogP contribution is 2.57. The summed E-state index contributed by atoms with van der Waals surface area (Å²) in [5.74, 6) is 0.808. The molecule has 0 radical (unpaired) electrons. The second-order valence-electron chi connectivity index (χ2n) is 9.78. The van der Waals surface area contributed by atoms with Crippen LogP contribution in [-0.4, -0.2) is 21.2 Å². The summed E-state index contributed by atoms with van der Waals surface area (Å²) >= 11 is 5.96. The lowest BCUT2D eigenvalue weighted by Crippen LogP contribution is -2.58. The number of nitrogens with one attached hydrogen (secondary N) is 1. The molecule has 1 unspecified atom stereocenters. The van der Waals surface area contributed by atoms with Crippen molar-refractivity contribution in [1.29, 1.82) is 0 Å². The standard InChI is InChI=1S/C28H25ClN2O3S/c1-27(2)23-10-6-7-11-25(23)31(3)28(27)17-18-16-24(21-8-4-5-9-22(21)26(18)34-28)30-35(32,33)20-14-12-19(29)13-15-20/h4-16,30H,17H2,1-3H3. The Labute approximate surface area is 210 Å². The maximum atomic E-state index is 13.2. The van der Waals surface area contributed by atoms with Crippen LogP contribution in [0.1, 0.15) is 25.0 Å². The molecule has 1 atom stereocenters. The third-order valence-corrected chi connectivity index (χ3v) is 9.23. The first-order valence-corrected chi connectivity index (χ1v) is 13.4. The number of para-hydroxylation sites is 1. The SMILES string of the molecule is CN1c2ccccc2C(C)(C)C12Cc1cc(NS(=O)(=O)c3ccc(Cl)cc3)c3ccccc3c1O2. The van der Waals surface area contributed by atoms with E-state index < -0.39 is 15.7 Å². The van der Waals surface area contributed by atoms with Crippen LogP contribution in [0.15, 0.2) is 83.8 Å². The third-order valence-electron chi connectivity index (χ3n) is 7.60. The monoisotopic (exact) mass is 504 g/mol. The molecule has 0 bridgehead atoms. The highest BCUT2D eigenvalue weighted by atomic mass is 35.5. The van der Waals surface area contributed by atoms with Crippen molar-refractivity contribution in [2.45, 2.75) is 36.3 Å². The smallest absolute Gasteiger partial charge is 0.261 e. The van der Waals surface area contributed by atoms with E-state index >= 15 is 0 Å². The van der Waals surface area contributed by atoms with Crippen LogP contribution in [0.4, 0.5) is 11.4 Å². The molecule has 4 aromatic carbocycles. The minimum absolute atomic E-state index is 0.159. The van der Waals surface area contributed by atoms with E-state index in [1.165, 1.54) is 17.7 Å². The van der Waals surface area contributed by atoms with Crippen LogP contribution in [0.25, 0.3) is 10.8 Å². The number of likely N-dealkylation sites (N-methyl/N-ethyl adjacent to an activating group) is 1. The largest absolute Gasteiger partial charge is 0.466 e. The molecule has 1 N–H and O–H groups in total. The Morgan fingerprint density at radius 3 is 2.31 bits per heavy atom. The minimum Gasteiger partial charge on any atom is -0.466 e. The predicted molar refractivity (Wildman–Crippen MR) is 141 cm³/mol. The zero-order chi connectivity index (χ0) is 24.6. The topological polar surface area (TPSA) is 58.6 Å². The zero-order valence-corrected chi connectivity index (χ0v) is 21.2. The Morgan fingerprint density at radius 2 is 1.60 bits per heavy atom. The summed E-state index contributed by atoms with van der Waals surface area (Å²) in [6, 6.07) is 24.2. The van der Waals surface area contributed by atoms with Gasteiger partial charge >= 0.3 is 0 Å². The van der Waals surface area contributed by atoms with Crippen molar-refractivity contribution in [1.82, 2.24) is 0 Å². The molecule has 7 heteroatoms. The molecule has 178 valence electrons. The maximum absolute atomic E-state index is 13.2. The van der Waals surface area contributed by atoms with E-state index in [1.807, 2.05) is 36.4 Å². The summed E-state index contributed by atoms with van der Waals surface area (Å²) in [4.78, 5) is 2.39. The summed E-state index contributed by atoms with van der Waals surface area (Å²) < 4.78 is 36.1. The van der Waals surface area contributed by atoms with Gasteiger partial charge in [0.1, 0.15) is 5.75 Å². The number of rotatable bonds is 3. The first kappa shape index (κ1) is 22.3. The van der Waals surface area contributed by atoms with E-state index in [4.69, 9.17) is 16.3 Å². The third kappa shape index (κ3) is 3.09. The van der Waals surface area contributed by atoms with Gasteiger partial charge in [0.25, 0.3) is 10.0 Å². The fourth-order valence-electron chi connectivity index (χ4n) is 5.68. The van der Waals surface area contributed by atoms with Gasteiger partial charge in [0.05, 0.1) is 16.0 Å². The van der Waals surface area contributed by atoms with Crippen LogP contribution < -0.4 is 14.4 Å². The van der Waals surface area contributed by atoms with Crippen LogP contribution in [-0.2, 0) is 21.9 Å². The van der Waals surface area contributed by atoms with Crippen LogP contribution in [0, 0.1) is 0 Å². The van der Waals surface area contributed by atoms with Gasteiger partial charge in [0, 0.05) is 40.5 Å². The Balaban J connectivity index is 1.48. The Morgan fingerprint density at radius 1 is 0.943 bits per heavy atom. The van der Waals surface area contributed by atoms with Crippen molar-refractivity contribution in [3.63, 3.8) is 0 Å². The van der Waals surface area contributed by atoms with Gasteiger partial charge in [0.15, 0.2) is 5.72 Å². The van der Waals surface area contributed by atoms with E-state index in [1.54, 1.807) is 12.1 Å². The molecular weight excluding hydrogens is 480 g/mol. The van der Waals surface area contributed by atoms with Gasteiger partial charge in [-0.25, -0.2) is 8.42 Å². The molecule has 2 heterocycles. The normalized spacial score (nSPS) is 20.1. The molecule has 2 aliphatic rings. The number of anilines is 2. The predicted octanol–water partition coefficient (Wildman–Crippen LogP) is 6.35. The molecule has 0 fully saturated rings. The number of halogens is 1. The molecule has 1 spiro atoms. The van der Waals surface area contributed by atoms with Gasteiger partial charge in [-0.15, -0.1) is 0 Å². The van der Waals surface area contributed by atoms with Gasteiger partial charge in [0.2, 0.25) is 0 Å². The first-order valence-electron chi connectivity index (χ1n) is 11.5. The van der Waals surface area contributed by atoms with Crippen molar-refractivity contribution < 1.29 is 13.2 Å². The Hall–Kier alpha value is -3.22. The number of fused-ring (bicyclic) bond motifs is 4. The number of sulfonamides is 1. The quantitative estimate of drug-likeness (QED) is 0.353. The number of nitrogens with zero attached hydrogens (tertiary/aromatic N) is 1. The van der Waals surface area contributed by atoms with Crippen LogP contribution in [0.5, 0.6) is 5.75 Å². The lowest BCUT2D eigenvalue weighted by atomic mass is 9.76. The molecule has 0 aliphatic carbocycles. The van der Waals surface area contributed by atoms with Gasteiger partial charge in [-0.2, -0.15) is 0 Å². The fourth-order valence-corrected chi connectivity index (χ4v) is 6.87. The van der Waals surface area contributed by atoms with Crippen molar-refractivity contribution in [2.24, 2.45) is 0 Å². The molecule has 5 nitrogen and oxygen atoms in total. The van der Waals surface area contributed by atoms with Gasteiger partial charge in [-0.3, -0.25) is 4.72 Å². The van der Waals surface area contributed by atoms with Gasteiger partial charge in [-0.1, -0.05) is 54.1 Å². The lowest BCUT2D eigenvalue weighted by molar-refractivity contribution is 0.0362. The molecule has 35 heavy (non-hydrogen) atoms. The van der Waals surface area contributed by atoms with Crippen LogP contribution in [0.2, 0.25) is 5.02 Å². The van der Waals surface area contributed by atoms with E-state index in [2.05, 4.69) is 48.7 Å². The number of ether oxygens (including phenoxy) is 1. The van der Waals surface area contributed by atoms with Gasteiger partial charge < -0.3 is 9.64 Å². The van der Waals surface area contributed by atoms with Crippen molar-refractivity contribution in [3.05, 3.63) is 95.0 Å². The molecule has 0 saturated carbocycles. The van der Waals surface area contributed by atoms with Crippen LogP contribution >= 0.6 is 11.6 Å². The molecule has 0 saturated heterocycles. The summed E-state index contributed by atoms with van der Waals surface area (Å²) in [7, 11) is -1.73. The molecule has 2 aliphatic heterocycles. The van der Waals surface area contributed by atoms with Crippen molar-refractivity contribution in [2.75, 3.05) is 16.7 Å². The number of benzene rings is 4. The highest BCUT2D eigenvalue weighted by Gasteiger charge is 2.60. The second kappa shape index (κ2) is 7.39. The van der Waals surface area contributed by atoms with Crippen molar-refractivity contribution >= 4 is 43.8 Å². The summed E-state index contributed by atoms with van der Waals surface area (Å²) in [6.45, 7) is 4.43. The zero-order valence-electron chi connectivity index (χ0n) is 19.7. The summed E-state index contributed by atoms with van der Waals surface area (Å²) in [5, 5.41) is 2.16. The minimum atomic E-state index is -3.80. The fraction of sp³-hybridized carbons (Fsp3) is 0.214. The highest BCUT2D eigenvalue weighted by molar-refractivity contribution is 7.92. The summed E-state index contributed by atoms with van der Waals surface area (Å²) in [6.07, 6.45) is 0.626. The Bertz CT molecular complexity index is 1600. The van der Waals surface area contributed by atoms with E-state index in [0.717, 1.165) is 27.8 Å². The molecule has 4 aromatic rings. The molecular formula is C28H25ClN2O3S. The average Bonchev–Trinajstić information content (AvgIpc) is 3.31. The molecule has 0 aromatic heterocycles. The maximum Gasteiger partial charge on any atom is 0.261 e. The van der Waals surface area contributed by atoms with E-state index in [-0.39, 0.29) is 10.3 Å². The van der Waals surface area contributed by atoms with Crippen molar-refractivity contribution in [3.8, 4) is 5.75 Å². The summed E-state index contributed by atoms with van der Waals surface area (Å²) in [5.41, 5.74) is 2.99. The first-order chi connectivity index (χ1) is 16.6. The lowest BCUT2D eigenvalue weighted by Gasteiger charge is -2.42. The van der Waals surface area contributed by atoms with Gasteiger partial charge in [-0.05, 0) is 55.8 Å². The molecule has 6 rings (SSSR count). The van der Waals surface area contributed by atoms with Crippen LogP contribution in [0.3, 0.4) is 0 Å². The average molecular weight is 505 g/mol. The van der Waals surface area contributed by atoms with E-state index in [0.29, 0.717) is 17.1 Å². The number of hydrogen-bond acceptors (Lipinski definition) is 4.